The Labute approximate surface area is 122 Å². The predicted molar refractivity (Wildman–Crippen MR) is 87.0 cm³/mol. The van der Waals surface area contributed by atoms with E-state index in [-0.39, 0.29) is 0 Å². The molecule has 2 aliphatic rings. The molecule has 2 aliphatic carbocycles. The average Bonchev–Trinajstić information content (AvgIpc) is 2.47. The zero-order valence-electron chi connectivity index (χ0n) is 12.1. The summed E-state index contributed by atoms with van der Waals surface area (Å²) in [6.45, 7) is 3.82. The smallest absolute Gasteiger partial charge is 0.157 e. The van der Waals surface area contributed by atoms with E-state index in [1.54, 1.807) is 0 Å². The van der Waals surface area contributed by atoms with Gasteiger partial charge in [-0.1, -0.05) is 56.4 Å². The normalized spacial score (nSPS) is 23.3. The van der Waals surface area contributed by atoms with Crippen molar-refractivity contribution in [3.05, 3.63) is 12.7 Å². The van der Waals surface area contributed by atoms with E-state index in [1.807, 2.05) is 17.8 Å². The summed E-state index contributed by atoms with van der Waals surface area (Å²) in [5.41, 5.74) is 0. The van der Waals surface area contributed by atoms with Gasteiger partial charge < -0.3 is 5.32 Å². The Hall–Kier alpha value is -0.440. The molecule has 0 saturated heterocycles. The molecule has 0 aromatic heterocycles. The van der Waals surface area contributed by atoms with Crippen LogP contribution in [0, 0.1) is 0 Å². The van der Waals surface area contributed by atoms with Crippen LogP contribution in [0.25, 0.3) is 0 Å². The Morgan fingerprint density at radius 2 is 1.68 bits per heavy atom. The lowest BCUT2D eigenvalue weighted by Crippen LogP contribution is -2.35. The van der Waals surface area contributed by atoms with Crippen LogP contribution in [0.3, 0.4) is 0 Å². The highest BCUT2D eigenvalue weighted by atomic mass is 32.2. The number of hydrogen-bond acceptors (Lipinski definition) is 2. The molecule has 19 heavy (non-hydrogen) atoms. The lowest BCUT2D eigenvalue weighted by molar-refractivity contribution is 0.411. The van der Waals surface area contributed by atoms with Gasteiger partial charge in [0.05, 0.1) is 6.04 Å². The summed E-state index contributed by atoms with van der Waals surface area (Å²) in [4.78, 5) is 4.99. The first-order chi connectivity index (χ1) is 9.38. The third-order valence-electron chi connectivity index (χ3n) is 4.15. The van der Waals surface area contributed by atoms with Crippen LogP contribution in [0.1, 0.15) is 64.2 Å². The molecule has 2 nitrogen and oxygen atoms in total. The lowest BCUT2D eigenvalue weighted by Gasteiger charge is -2.26. The Morgan fingerprint density at radius 3 is 2.32 bits per heavy atom. The van der Waals surface area contributed by atoms with E-state index in [9.17, 15) is 0 Å². The van der Waals surface area contributed by atoms with Crippen LogP contribution in [-0.4, -0.2) is 23.0 Å². The van der Waals surface area contributed by atoms with Crippen molar-refractivity contribution in [2.45, 2.75) is 76.3 Å². The standard InChI is InChI=1S/C16H28N2S/c1-2-13-19-16(17-14-9-5-3-6-10-14)18-15-11-7-4-8-12-15/h2,14-15H,1,3-13H2,(H,17,18). The van der Waals surface area contributed by atoms with E-state index >= 15 is 0 Å². The van der Waals surface area contributed by atoms with Crippen molar-refractivity contribution in [2.24, 2.45) is 4.99 Å². The van der Waals surface area contributed by atoms with Crippen molar-refractivity contribution >= 4 is 16.9 Å². The highest BCUT2D eigenvalue weighted by Gasteiger charge is 2.17. The van der Waals surface area contributed by atoms with Crippen molar-refractivity contribution in [2.75, 3.05) is 5.75 Å². The molecule has 108 valence electrons. The van der Waals surface area contributed by atoms with Crippen LogP contribution in [0.5, 0.6) is 0 Å². The minimum Gasteiger partial charge on any atom is -0.362 e. The van der Waals surface area contributed by atoms with Gasteiger partial charge in [0, 0.05) is 11.8 Å². The topological polar surface area (TPSA) is 24.4 Å². The first-order valence-electron chi connectivity index (χ1n) is 7.96. The van der Waals surface area contributed by atoms with Crippen molar-refractivity contribution < 1.29 is 0 Å². The number of nitrogens with one attached hydrogen (secondary N) is 1. The Balaban J connectivity index is 1.88. The van der Waals surface area contributed by atoms with Crippen molar-refractivity contribution in [1.29, 1.82) is 0 Å². The average molecular weight is 280 g/mol. The quantitative estimate of drug-likeness (QED) is 0.465. The SMILES string of the molecule is C=CCSC(=NC1CCCCC1)NC1CCCCC1. The molecular formula is C16H28N2S. The largest absolute Gasteiger partial charge is 0.362 e. The summed E-state index contributed by atoms with van der Waals surface area (Å²) in [5, 5.41) is 4.88. The first-order valence-corrected chi connectivity index (χ1v) is 8.95. The summed E-state index contributed by atoms with van der Waals surface area (Å²) in [7, 11) is 0. The number of aliphatic imine (C=N–C) groups is 1. The molecule has 1 N–H and O–H groups in total. The molecule has 0 spiro atoms. The summed E-state index contributed by atoms with van der Waals surface area (Å²) >= 11 is 1.83. The van der Waals surface area contributed by atoms with E-state index in [0.29, 0.717) is 12.1 Å². The first kappa shape index (κ1) is 15.0. The third kappa shape index (κ3) is 5.60. The van der Waals surface area contributed by atoms with Gasteiger partial charge in [0.2, 0.25) is 0 Å². The second kappa shape index (κ2) is 8.68. The molecule has 0 atom stereocenters. The number of thioether (sulfide) groups is 1. The van der Waals surface area contributed by atoms with E-state index in [0.717, 1.165) is 5.75 Å². The van der Waals surface area contributed by atoms with Gasteiger partial charge in [-0.15, -0.1) is 6.58 Å². The van der Waals surface area contributed by atoms with Gasteiger partial charge in [-0.25, -0.2) is 0 Å². The number of hydrogen-bond donors (Lipinski definition) is 1. The maximum atomic E-state index is 4.99. The molecule has 3 heteroatoms. The lowest BCUT2D eigenvalue weighted by atomic mass is 9.95. The van der Waals surface area contributed by atoms with Crippen LogP contribution in [0.15, 0.2) is 17.6 Å². The number of nitrogens with zero attached hydrogens (tertiary/aromatic N) is 1. The molecule has 0 bridgehead atoms. The minimum atomic E-state index is 0.567. The predicted octanol–water partition coefficient (Wildman–Crippen LogP) is 4.52. The van der Waals surface area contributed by atoms with Gasteiger partial charge in [-0.05, 0) is 25.7 Å². The molecular weight excluding hydrogens is 252 g/mol. The summed E-state index contributed by atoms with van der Waals surface area (Å²) in [5.74, 6) is 0.964. The zero-order valence-corrected chi connectivity index (χ0v) is 12.9. The summed E-state index contributed by atoms with van der Waals surface area (Å²) in [6.07, 6.45) is 15.5. The van der Waals surface area contributed by atoms with Crippen molar-refractivity contribution in [3.63, 3.8) is 0 Å². The van der Waals surface area contributed by atoms with Gasteiger partial charge in [-0.2, -0.15) is 0 Å². The van der Waals surface area contributed by atoms with Crippen molar-refractivity contribution in [1.82, 2.24) is 5.32 Å². The monoisotopic (exact) mass is 280 g/mol. The van der Waals surface area contributed by atoms with E-state index in [2.05, 4.69) is 11.9 Å². The molecule has 0 radical (unpaired) electrons. The molecule has 2 saturated carbocycles. The molecule has 0 aromatic carbocycles. The minimum absolute atomic E-state index is 0.567. The second-order valence-electron chi connectivity index (χ2n) is 5.81. The number of rotatable bonds is 4. The molecule has 2 fully saturated rings. The van der Waals surface area contributed by atoms with Gasteiger partial charge in [-0.3, -0.25) is 4.99 Å². The van der Waals surface area contributed by atoms with Gasteiger partial charge in [0.25, 0.3) is 0 Å². The van der Waals surface area contributed by atoms with Crippen LogP contribution in [-0.2, 0) is 0 Å². The second-order valence-corrected chi connectivity index (χ2v) is 6.81. The van der Waals surface area contributed by atoms with Crippen molar-refractivity contribution in [3.8, 4) is 0 Å². The summed E-state index contributed by atoms with van der Waals surface area (Å²) in [6, 6.07) is 1.23. The summed E-state index contributed by atoms with van der Waals surface area (Å²) < 4.78 is 0. The highest BCUT2D eigenvalue weighted by molar-refractivity contribution is 8.13. The third-order valence-corrected chi connectivity index (χ3v) is 5.04. The molecule has 0 amide bonds. The van der Waals surface area contributed by atoms with Crippen LogP contribution in [0.2, 0.25) is 0 Å². The molecule has 0 aliphatic heterocycles. The highest BCUT2D eigenvalue weighted by Crippen LogP contribution is 2.23. The zero-order chi connectivity index (χ0) is 13.3. The Kier molecular flexibility index (Phi) is 6.83. The van der Waals surface area contributed by atoms with E-state index in [1.165, 1.54) is 69.4 Å². The van der Waals surface area contributed by atoms with Crippen LogP contribution < -0.4 is 5.32 Å². The number of amidine groups is 1. The van der Waals surface area contributed by atoms with Crippen LogP contribution in [0.4, 0.5) is 0 Å². The van der Waals surface area contributed by atoms with Gasteiger partial charge in [0.15, 0.2) is 5.17 Å². The van der Waals surface area contributed by atoms with Crippen LogP contribution >= 0.6 is 11.8 Å². The maximum absolute atomic E-state index is 4.99. The van der Waals surface area contributed by atoms with Gasteiger partial charge >= 0.3 is 0 Å². The molecule has 0 unspecified atom stereocenters. The fourth-order valence-electron chi connectivity index (χ4n) is 3.05. The van der Waals surface area contributed by atoms with E-state index < -0.39 is 0 Å². The maximum Gasteiger partial charge on any atom is 0.157 e. The molecule has 2 rings (SSSR count). The van der Waals surface area contributed by atoms with E-state index in [4.69, 9.17) is 4.99 Å². The molecule has 0 aromatic rings. The van der Waals surface area contributed by atoms with Gasteiger partial charge in [0.1, 0.15) is 0 Å². The fraction of sp³-hybridized carbons (Fsp3) is 0.812. The Bertz CT molecular complexity index is 289. The fourth-order valence-corrected chi connectivity index (χ4v) is 3.80. The Morgan fingerprint density at radius 1 is 1.05 bits per heavy atom. The molecule has 0 heterocycles.